The molecule has 1 aromatic rings. The van der Waals surface area contributed by atoms with E-state index in [2.05, 4.69) is 5.32 Å². The van der Waals surface area contributed by atoms with Gasteiger partial charge in [-0.25, -0.2) is 0 Å². The first kappa shape index (κ1) is 13.1. The minimum absolute atomic E-state index is 0.00602. The first-order chi connectivity index (χ1) is 7.72. The number of para-hydroxylation sites is 1. The number of nitrogens with one attached hydrogen (secondary N) is 1. The Labute approximate surface area is 101 Å². The SMILES string of the molecule is CCC(CN)C(=O)Nc1ccccc1SC. The van der Waals surface area contributed by atoms with Gasteiger partial charge in [-0.2, -0.15) is 0 Å². The van der Waals surface area contributed by atoms with Crippen LogP contribution in [0.15, 0.2) is 29.2 Å². The van der Waals surface area contributed by atoms with Crippen LogP contribution < -0.4 is 11.1 Å². The van der Waals surface area contributed by atoms with Gasteiger partial charge in [0, 0.05) is 11.4 Å². The van der Waals surface area contributed by atoms with Crippen LogP contribution in [0.2, 0.25) is 0 Å². The van der Waals surface area contributed by atoms with Crippen LogP contribution in [0.1, 0.15) is 13.3 Å². The number of carbonyl (C=O) groups excluding carboxylic acids is 1. The monoisotopic (exact) mass is 238 g/mol. The van der Waals surface area contributed by atoms with E-state index in [-0.39, 0.29) is 11.8 Å². The summed E-state index contributed by atoms with van der Waals surface area (Å²) in [5.74, 6) is -0.0959. The molecule has 0 bridgehead atoms. The van der Waals surface area contributed by atoms with E-state index < -0.39 is 0 Å². The van der Waals surface area contributed by atoms with E-state index >= 15 is 0 Å². The first-order valence-corrected chi connectivity index (χ1v) is 6.59. The van der Waals surface area contributed by atoms with Crippen molar-refractivity contribution in [3.8, 4) is 0 Å². The second-order valence-corrected chi connectivity index (χ2v) is 4.38. The molecule has 88 valence electrons. The summed E-state index contributed by atoms with van der Waals surface area (Å²) in [7, 11) is 0. The summed E-state index contributed by atoms with van der Waals surface area (Å²) in [6, 6.07) is 7.77. The minimum Gasteiger partial charge on any atom is -0.330 e. The van der Waals surface area contributed by atoms with E-state index in [0.717, 1.165) is 17.0 Å². The Morgan fingerprint density at radius 2 is 2.19 bits per heavy atom. The Hall–Kier alpha value is -1.00. The summed E-state index contributed by atoms with van der Waals surface area (Å²) in [6.07, 6.45) is 2.76. The van der Waals surface area contributed by atoms with Gasteiger partial charge in [0.25, 0.3) is 0 Å². The molecule has 1 aromatic carbocycles. The summed E-state index contributed by atoms with van der Waals surface area (Å²) in [6.45, 7) is 2.36. The third kappa shape index (κ3) is 3.25. The third-order valence-electron chi connectivity index (χ3n) is 2.51. The Morgan fingerprint density at radius 3 is 2.75 bits per heavy atom. The summed E-state index contributed by atoms with van der Waals surface area (Å²) >= 11 is 1.62. The number of hydrogen-bond acceptors (Lipinski definition) is 3. The van der Waals surface area contributed by atoms with Crippen molar-refractivity contribution in [2.24, 2.45) is 11.7 Å². The predicted octanol–water partition coefficient (Wildman–Crippen LogP) is 2.33. The van der Waals surface area contributed by atoms with Gasteiger partial charge < -0.3 is 11.1 Å². The lowest BCUT2D eigenvalue weighted by Crippen LogP contribution is -2.28. The number of rotatable bonds is 5. The number of anilines is 1. The molecule has 0 heterocycles. The van der Waals surface area contributed by atoms with Crippen LogP contribution in [-0.2, 0) is 4.79 Å². The van der Waals surface area contributed by atoms with E-state index in [1.54, 1.807) is 11.8 Å². The van der Waals surface area contributed by atoms with Crippen LogP contribution in [0.5, 0.6) is 0 Å². The van der Waals surface area contributed by atoms with Crippen LogP contribution in [-0.4, -0.2) is 18.7 Å². The van der Waals surface area contributed by atoms with E-state index in [1.165, 1.54) is 0 Å². The van der Waals surface area contributed by atoms with E-state index in [0.29, 0.717) is 6.54 Å². The highest BCUT2D eigenvalue weighted by atomic mass is 32.2. The quantitative estimate of drug-likeness (QED) is 0.774. The highest BCUT2D eigenvalue weighted by Gasteiger charge is 2.15. The van der Waals surface area contributed by atoms with E-state index in [1.807, 2.05) is 37.4 Å². The van der Waals surface area contributed by atoms with Gasteiger partial charge in [-0.15, -0.1) is 11.8 Å². The van der Waals surface area contributed by atoms with Gasteiger partial charge in [0.15, 0.2) is 0 Å². The second kappa shape index (κ2) is 6.55. The lowest BCUT2D eigenvalue weighted by atomic mass is 10.1. The molecular weight excluding hydrogens is 220 g/mol. The summed E-state index contributed by atoms with van der Waals surface area (Å²) in [4.78, 5) is 12.9. The molecule has 0 fully saturated rings. The molecule has 0 aliphatic heterocycles. The van der Waals surface area contributed by atoms with Crippen LogP contribution in [0, 0.1) is 5.92 Å². The molecule has 4 heteroatoms. The Balaban J connectivity index is 2.76. The highest BCUT2D eigenvalue weighted by Crippen LogP contribution is 2.25. The van der Waals surface area contributed by atoms with Gasteiger partial charge in [0.2, 0.25) is 5.91 Å². The van der Waals surface area contributed by atoms with Crippen molar-refractivity contribution in [3.05, 3.63) is 24.3 Å². The zero-order valence-corrected chi connectivity index (χ0v) is 10.5. The lowest BCUT2D eigenvalue weighted by Gasteiger charge is -2.14. The average molecular weight is 238 g/mol. The third-order valence-corrected chi connectivity index (χ3v) is 3.31. The fourth-order valence-electron chi connectivity index (χ4n) is 1.44. The van der Waals surface area contributed by atoms with Crippen molar-refractivity contribution < 1.29 is 4.79 Å². The number of hydrogen-bond donors (Lipinski definition) is 2. The molecule has 16 heavy (non-hydrogen) atoms. The van der Waals surface area contributed by atoms with Gasteiger partial charge >= 0.3 is 0 Å². The molecule has 0 saturated heterocycles. The number of nitrogens with two attached hydrogens (primary N) is 1. The molecule has 1 rings (SSSR count). The van der Waals surface area contributed by atoms with Crippen molar-refractivity contribution in [1.82, 2.24) is 0 Å². The summed E-state index contributed by atoms with van der Waals surface area (Å²) in [5.41, 5.74) is 6.41. The standard InChI is InChI=1S/C12H18N2OS/c1-3-9(8-13)12(15)14-10-6-4-5-7-11(10)16-2/h4-7,9H,3,8,13H2,1-2H3,(H,14,15). The molecule has 1 atom stereocenters. The zero-order valence-electron chi connectivity index (χ0n) is 9.69. The van der Waals surface area contributed by atoms with Crippen LogP contribution in [0.4, 0.5) is 5.69 Å². The Kier molecular flexibility index (Phi) is 5.35. The molecule has 0 spiro atoms. The zero-order chi connectivity index (χ0) is 12.0. The molecule has 0 aliphatic carbocycles. The maximum absolute atomic E-state index is 11.8. The molecule has 0 saturated carbocycles. The van der Waals surface area contributed by atoms with E-state index in [9.17, 15) is 4.79 Å². The predicted molar refractivity (Wildman–Crippen MR) is 69.7 cm³/mol. The number of amides is 1. The largest absolute Gasteiger partial charge is 0.330 e. The van der Waals surface area contributed by atoms with Gasteiger partial charge in [-0.3, -0.25) is 4.79 Å². The Morgan fingerprint density at radius 1 is 1.50 bits per heavy atom. The topological polar surface area (TPSA) is 55.1 Å². The average Bonchev–Trinajstić information content (AvgIpc) is 2.31. The molecular formula is C12H18N2OS. The molecule has 0 radical (unpaired) electrons. The Bertz CT molecular complexity index is 351. The molecule has 1 amide bonds. The molecule has 3 N–H and O–H groups in total. The van der Waals surface area contributed by atoms with Gasteiger partial charge in [0.1, 0.15) is 0 Å². The molecule has 0 aliphatic rings. The fourth-order valence-corrected chi connectivity index (χ4v) is 2.00. The highest BCUT2D eigenvalue weighted by molar-refractivity contribution is 7.98. The van der Waals surface area contributed by atoms with Gasteiger partial charge in [-0.05, 0) is 24.8 Å². The van der Waals surface area contributed by atoms with Gasteiger partial charge in [-0.1, -0.05) is 19.1 Å². The summed E-state index contributed by atoms with van der Waals surface area (Å²) in [5, 5.41) is 2.92. The molecule has 1 unspecified atom stereocenters. The van der Waals surface area contributed by atoms with Crippen LogP contribution in [0.3, 0.4) is 0 Å². The number of carbonyl (C=O) groups is 1. The van der Waals surface area contributed by atoms with Gasteiger partial charge in [0.05, 0.1) is 11.6 Å². The number of benzene rings is 1. The van der Waals surface area contributed by atoms with Crippen molar-refractivity contribution in [1.29, 1.82) is 0 Å². The maximum atomic E-state index is 11.8. The minimum atomic E-state index is -0.102. The second-order valence-electron chi connectivity index (χ2n) is 3.53. The van der Waals surface area contributed by atoms with Crippen molar-refractivity contribution in [3.63, 3.8) is 0 Å². The van der Waals surface area contributed by atoms with Crippen molar-refractivity contribution in [2.45, 2.75) is 18.2 Å². The van der Waals surface area contributed by atoms with Crippen LogP contribution >= 0.6 is 11.8 Å². The molecule has 0 aromatic heterocycles. The smallest absolute Gasteiger partial charge is 0.228 e. The fraction of sp³-hybridized carbons (Fsp3) is 0.417. The normalized spacial score (nSPS) is 12.2. The van der Waals surface area contributed by atoms with Crippen molar-refractivity contribution in [2.75, 3.05) is 18.1 Å². The maximum Gasteiger partial charge on any atom is 0.228 e. The van der Waals surface area contributed by atoms with E-state index in [4.69, 9.17) is 5.73 Å². The molecule has 3 nitrogen and oxygen atoms in total. The van der Waals surface area contributed by atoms with Crippen molar-refractivity contribution >= 4 is 23.4 Å². The first-order valence-electron chi connectivity index (χ1n) is 5.36. The lowest BCUT2D eigenvalue weighted by molar-refractivity contribution is -0.119. The number of thioether (sulfide) groups is 1. The van der Waals surface area contributed by atoms with Crippen LogP contribution in [0.25, 0.3) is 0 Å². The summed E-state index contributed by atoms with van der Waals surface area (Å²) < 4.78 is 0.